The number of aromatic nitrogens is 2. The van der Waals surface area contributed by atoms with Gasteiger partial charge in [0.2, 0.25) is 5.13 Å². The summed E-state index contributed by atoms with van der Waals surface area (Å²) in [6.07, 6.45) is 2.25. The third kappa shape index (κ3) is 5.30. The molecule has 0 aliphatic heterocycles. The summed E-state index contributed by atoms with van der Waals surface area (Å²) in [5.41, 5.74) is 0.837. The van der Waals surface area contributed by atoms with Crippen LogP contribution in [0.15, 0.2) is 37.8 Å². The molecule has 0 fully saturated rings. The van der Waals surface area contributed by atoms with Gasteiger partial charge in [-0.1, -0.05) is 36.4 Å². The van der Waals surface area contributed by atoms with Gasteiger partial charge < -0.3 is 9.15 Å². The number of anilines is 1. The third-order valence-corrected chi connectivity index (χ3v) is 5.73. The Morgan fingerprint density at radius 3 is 3.00 bits per heavy atom. The SMILES string of the molecule is CCCCSc1nnc(NC(=O)COc2ccc3c(C)cc(=O)oc3c2)s1. The van der Waals surface area contributed by atoms with Crippen molar-refractivity contribution in [3.8, 4) is 5.75 Å². The number of ether oxygens (including phenoxy) is 1. The van der Waals surface area contributed by atoms with E-state index in [1.807, 2.05) is 6.92 Å². The van der Waals surface area contributed by atoms with Crippen LogP contribution >= 0.6 is 23.1 Å². The molecule has 0 spiro atoms. The number of nitrogens with zero attached hydrogens (tertiary/aromatic N) is 2. The first kappa shape index (κ1) is 19.4. The molecule has 2 heterocycles. The van der Waals surface area contributed by atoms with E-state index in [-0.39, 0.29) is 12.5 Å². The van der Waals surface area contributed by atoms with Gasteiger partial charge in [-0.2, -0.15) is 0 Å². The maximum atomic E-state index is 12.0. The monoisotopic (exact) mass is 405 g/mol. The fourth-order valence-corrected chi connectivity index (χ4v) is 4.24. The normalized spacial score (nSPS) is 10.9. The highest BCUT2D eigenvalue weighted by molar-refractivity contribution is 8.01. The van der Waals surface area contributed by atoms with Crippen LogP contribution in [0.5, 0.6) is 5.75 Å². The van der Waals surface area contributed by atoms with Crippen LogP contribution in [-0.4, -0.2) is 28.5 Å². The smallest absolute Gasteiger partial charge is 0.336 e. The van der Waals surface area contributed by atoms with Crippen LogP contribution in [0.4, 0.5) is 5.13 Å². The molecule has 1 amide bonds. The van der Waals surface area contributed by atoms with Crippen LogP contribution in [0.1, 0.15) is 25.3 Å². The lowest BCUT2D eigenvalue weighted by Gasteiger charge is -2.07. The Balaban J connectivity index is 1.56. The summed E-state index contributed by atoms with van der Waals surface area (Å²) < 4.78 is 11.5. The average Bonchev–Trinajstić information content (AvgIpc) is 3.07. The highest BCUT2D eigenvalue weighted by Crippen LogP contribution is 2.26. The van der Waals surface area contributed by atoms with Crippen molar-refractivity contribution in [2.45, 2.75) is 31.0 Å². The van der Waals surface area contributed by atoms with Crippen LogP contribution in [0.2, 0.25) is 0 Å². The minimum atomic E-state index is -0.418. The average molecular weight is 406 g/mol. The third-order valence-electron chi connectivity index (χ3n) is 3.67. The molecule has 1 N–H and O–H groups in total. The molecule has 2 aromatic heterocycles. The van der Waals surface area contributed by atoms with Crippen LogP contribution < -0.4 is 15.7 Å². The highest BCUT2D eigenvalue weighted by Gasteiger charge is 2.10. The summed E-state index contributed by atoms with van der Waals surface area (Å²) in [5, 5.41) is 12.0. The molecule has 0 saturated heterocycles. The summed E-state index contributed by atoms with van der Waals surface area (Å²) in [6, 6.07) is 6.57. The van der Waals surface area contributed by atoms with E-state index in [2.05, 4.69) is 22.4 Å². The Bertz CT molecular complexity index is 1000. The molecule has 7 nitrogen and oxygen atoms in total. The number of rotatable bonds is 8. The summed E-state index contributed by atoms with van der Waals surface area (Å²) in [6.45, 7) is 3.79. The Kier molecular flexibility index (Phi) is 6.46. The van der Waals surface area contributed by atoms with Gasteiger partial charge in [0.1, 0.15) is 11.3 Å². The van der Waals surface area contributed by atoms with E-state index in [4.69, 9.17) is 9.15 Å². The number of nitrogens with one attached hydrogen (secondary N) is 1. The van der Waals surface area contributed by atoms with Gasteiger partial charge in [-0.05, 0) is 31.0 Å². The van der Waals surface area contributed by atoms with Crippen LogP contribution in [0.3, 0.4) is 0 Å². The number of unbranched alkanes of at least 4 members (excludes halogenated alkanes) is 1. The van der Waals surface area contributed by atoms with Gasteiger partial charge in [0.05, 0.1) is 0 Å². The summed E-state index contributed by atoms with van der Waals surface area (Å²) in [7, 11) is 0. The van der Waals surface area contributed by atoms with Gasteiger partial charge in [-0.15, -0.1) is 10.2 Å². The first-order valence-corrected chi connectivity index (χ1v) is 10.3. The van der Waals surface area contributed by atoms with Gasteiger partial charge in [-0.3, -0.25) is 10.1 Å². The van der Waals surface area contributed by atoms with Crippen molar-refractivity contribution in [1.82, 2.24) is 10.2 Å². The van der Waals surface area contributed by atoms with Gasteiger partial charge in [0, 0.05) is 23.3 Å². The number of amides is 1. The fourth-order valence-electron chi connectivity index (χ4n) is 2.32. The van der Waals surface area contributed by atoms with E-state index >= 15 is 0 Å². The molecule has 9 heteroatoms. The molecule has 3 rings (SSSR count). The number of carbonyl (C=O) groups excluding carboxylic acids is 1. The zero-order chi connectivity index (χ0) is 19.2. The Morgan fingerprint density at radius 2 is 2.19 bits per heavy atom. The van der Waals surface area contributed by atoms with Gasteiger partial charge >= 0.3 is 5.63 Å². The Morgan fingerprint density at radius 1 is 1.33 bits per heavy atom. The number of hydrogen-bond acceptors (Lipinski definition) is 8. The quantitative estimate of drug-likeness (QED) is 0.263. The van der Waals surface area contributed by atoms with E-state index in [9.17, 15) is 9.59 Å². The second-order valence-electron chi connectivity index (χ2n) is 5.82. The molecule has 1 aromatic carbocycles. The van der Waals surface area contributed by atoms with E-state index in [1.54, 1.807) is 30.0 Å². The zero-order valence-electron chi connectivity index (χ0n) is 15.0. The standard InChI is InChI=1S/C18H19N3O4S2/c1-3-4-7-26-18-21-20-17(27-18)19-15(22)10-24-12-5-6-13-11(2)8-16(23)25-14(13)9-12/h5-6,8-9H,3-4,7,10H2,1-2H3,(H,19,20,22). The molecule has 0 aliphatic carbocycles. The van der Waals surface area contributed by atoms with E-state index in [0.29, 0.717) is 16.5 Å². The van der Waals surface area contributed by atoms with Crippen molar-refractivity contribution in [3.05, 3.63) is 40.2 Å². The first-order valence-electron chi connectivity index (χ1n) is 8.48. The number of hydrogen-bond donors (Lipinski definition) is 1. The van der Waals surface area contributed by atoms with Crippen LogP contribution in [0.25, 0.3) is 11.0 Å². The van der Waals surface area contributed by atoms with Crippen molar-refractivity contribution in [2.75, 3.05) is 17.7 Å². The van der Waals surface area contributed by atoms with Crippen LogP contribution in [-0.2, 0) is 4.79 Å². The molecule has 0 unspecified atom stereocenters. The zero-order valence-corrected chi connectivity index (χ0v) is 16.6. The van der Waals surface area contributed by atoms with Gasteiger partial charge in [-0.25, -0.2) is 4.79 Å². The maximum Gasteiger partial charge on any atom is 0.336 e. The topological polar surface area (TPSA) is 94.3 Å². The fraction of sp³-hybridized carbons (Fsp3) is 0.333. The largest absolute Gasteiger partial charge is 0.484 e. The van der Waals surface area contributed by atoms with E-state index < -0.39 is 5.63 Å². The summed E-state index contributed by atoms with van der Waals surface area (Å²) in [5.74, 6) is 1.10. The first-order chi connectivity index (χ1) is 13.0. The maximum absolute atomic E-state index is 12.0. The molecular formula is C18H19N3O4S2. The van der Waals surface area contributed by atoms with Crippen LogP contribution in [0, 0.1) is 6.92 Å². The second kappa shape index (κ2) is 9.01. The van der Waals surface area contributed by atoms with Crippen molar-refractivity contribution in [3.63, 3.8) is 0 Å². The molecule has 0 radical (unpaired) electrons. The molecule has 0 saturated carbocycles. The number of aryl methyl sites for hydroxylation is 1. The van der Waals surface area contributed by atoms with E-state index in [0.717, 1.165) is 33.9 Å². The lowest BCUT2D eigenvalue weighted by atomic mass is 10.1. The molecule has 27 heavy (non-hydrogen) atoms. The van der Waals surface area contributed by atoms with Crippen molar-refractivity contribution >= 4 is 45.1 Å². The molecule has 0 atom stereocenters. The molecule has 3 aromatic rings. The highest BCUT2D eigenvalue weighted by atomic mass is 32.2. The number of benzene rings is 1. The predicted octanol–water partition coefficient (Wildman–Crippen LogP) is 3.86. The van der Waals surface area contributed by atoms with Crippen molar-refractivity contribution in [1.29, 1.82) is 0 Å². The van der Waals surface area contributed by atoms with Gasteiger partial charge in [0.15, 0.2) is 10.9 Å². The minimum Gasteiger partial charge on any atom is -0.484 e. The number of carbonyl (C=O) groups is 1. The van der Waals surface area contributed by atoms with Crippen molar-refractivity contribution in [2.24, 2.45) is 0 Å². The van der Waals surface area contributed by atoms with E-state index in [1.165, 1.54) is 17.4 Å². The molecule has 0 aliphatic rings. The molecule has 0 bridgehead atoms. The summed E-state index contributed by atoms with van der Waals surface area (Å²) in [4.78, 5) is 23.5. The lowest BCUT2D eigenvalue weighted by Crippen LogP contribution is -2.20. The Hall–Kier alpha value is -2.39. The summed E-state index contributed by atoms with van der Waals surface area (Å²) >= 11 is 2.97. The predicted molar refractivity (Wildman–Crippen MR) is 107 cm³/mol. The minimum absolute atomic E-state index is 0.181. The van der Waals surface area contributed by atoms with Gasteiger partial charge in [0.25, 0.3) is 5.91 Å². The number of fused-ring (bicyclic) bond motifs is 1. The molecular weight excluding hydrogens is 386 g/mol. The molecule has 142 valence electrons. The van der Waals surface area contributed by atoms with Crippen molar-refractivity contribution < 1.29 is 13.9 Å². The Labute approximate surface area is 164 Å². The number of thioether (sulfide) groups is 1. The lowest BCUT2D eigenvalue weighted by molar-refractivity contribution is -0.118. The second-order valence-corrected chi connectivity index (χ2v) is 8.14.